The number of aliphatic hydroxyl groups excluding tert-OH is 1. The van der Waals surface area contributed by atoms with E-state index in [1.165, 1.54) is 18.2 Å². The van der Waals surface area contributed by atoms with Gasteiger partial charge in [0.2, 0.25) is 10.0 Å². The number of rotatable bonds is 3. The fourth-order valence-corrected chi connectivity index (χ4v) is 3.25. The van der Waals surface area contributed by atoms with E-state index in [0.717, 1.165) is 0 Å². The van der Waals surface area contributed by atoms with Crippen LogP contribution in [0.5, 0.6) is 0 Å². The molecule has 5 nitrogen and oxygen atoms in total. The minimum absolute atomic E-state index is 0.153. The standard InChI is InChI=1S/C12H14N2O3S/c1-8-4-12(3-2-9(8)7-13)18(16,17)14-10-5-11(15)6-10/h2-4,10-11,14-15H,5-6H2,1H3. The molecular formula is C12H14N2O3S. The van der Waals surface area contributed by atoms with Crippen LogP contribution in [0, 0.1) is 18.3 Å². The first-order valence-electron chi connectivity index (χ1n) is 5.63. The smallest absolute Gasteiger partial charge is 0.240 e. The number of hydrogen-bond acceptors (Lipinski definition) is 4. The van der Waals surface area contributed by atoms with Gasteiger partial charge >= 0.3 is 0 Å². The molecule has 6 heteroatoms. The van der Waals surface area contributed by atoms with Gasteiger partial charge in [-0.15, -0.1) is 0 Å². The summed E-state index contributed by atoms with van der Waals surface area (Å²) in [6.45, 7) is 1.70. The minimum Gasteiger partial charge on any atom is -0.393 e. The summed E-state index contributed by atoms with van der Waals surface area (Å²) in [5.74, 6) is 0. The molecule has 1 aromatic rings. The largest absolute Gasteiger partial charge is 0.393 e. The predicted molar refractivity (Wildman–Crippen MR) is 65.2 cm³/mol. The summed E-state index contributed by atoms with van der Waals surface area (Å²) in [6.07, 6.45) is 0.503. The molecule has 0 heterocycles. The average Bonchev–Trinajstić information content (AvgIpc) is 2.26. The van der Waals surface area contributed by atoms with Crippen LogP contribution in [0.1, 0.15) is 24.0 Å². The van der Waals surface area contributed by atoms with Crippen LogP contribution >= 0.6 is 0 Å². The van der Waals surface area contributed by atoms with E-state index in [9.17, 15) is 8.42 Å². The first kappa shape index (κ1) is 13.0. The molecule has 0 bridgehead atoms. The number of nitriles is 1. The molecule has 1 aliphatic rings. The van der Waals surface area contributed by atoms with Crippen LogP contribution in [-0.2, 0) is 10.0 Å². The SMILES string of the molecule is Cc1cc(S(=O)(=O)NC2CC(O)C2)ccc1C#N. The minimum atomic E-state index is -3.56. The first-order chi connectivity index (χ1) is 8.42. The van der Waals surface area contributed by atoms with Crippen LogP contribution in [0.15, 0.2) is 23.1 Å². The van der Waals surface area contributed by atoms with Crippen molar-refractivity contribution in [1.82, 2.24) is 4.72 Å². The van der Waals surface area contributed by atoms with Gasteiger partial charge in [0.25, 0.3) is 0 Å². The van der Waals surface area contributed by atoms with E-state index >= 15 is 0 Å². The fourth-order valence-electron chi connectivity index (χ4n) is 1.90. The maximum Gasteiger partial charge on any atom is 0.240 e. The van der Waals surface area contributed by atoms with Crippen molar-refractivity contribution in [2.75, 3.05) is 0 Å². The van der Waals surface area contributed by atoms with Gasteiger partial charge in [-0.3, -0.25) is 0 Å². The molecule has 0 unspecified atom stereocenters. The van der Waals surface area contributed by atoms with Crippen molar-refractivity contribution in [3.05, 3.63) is 29.3 Å². The van der Waals surface area contributed by atoms with E-state index in [0.29, 0.717) is 24.0 Å². The number of hydrogen-bond donors (Lipinski definition) is 2. The summed E-state index contributed by atoms with van der Waals surface area (Å²) >= 11 is 0. The summed E-state index contributed by atoms with van der Waals surface area (Å²) in [5.41, 5.74) is 1.10. The molecule has 0 atom stereocenters. The summed E-state index contributed by atoms with van der Waals surface area (Å²) < 4.78 is 26.6. The number of benzene rings is 1. The van der Waals surface area contributed by atoms with E-state index in [2.05, 4.69) is 4.72 Å². The molecule has 0 spiro atoms. The summed E-state index contributed by atoms with van der Waals surface area (Å²) in [6, 6.07) is 6.20. The molecule has 1 aromatic carbocycles. The molecule has 0 radical (unpaired) electrons. The number of aryl methyl sites for hydroxylation is 1. The molecular weight excluding hydrogens is 252 g/mol. The molecule has 0 amide bonds. The normalized spacial score (nSPS) is 23.2. The van der Waals surface area contributed by atoms with Crippen LogP contribution in [0.25, 0.3) is 0 Å². The summed E-state index contributed by atoms with van der Waals surface area (Å²) in [5, 5.41) is 17.9. The van der Waals surface area contributed by atoms with E-state index < -0.39 is 16.1 Å². The molecule has 2 N–H and O–H groups in total. The van der Waals surface area contributed by atoms with E-state index in [1.54, 1.807) is 6.92 Å². The lowest BCUT2D eigenvalue weighted by molar-refractivity contribution is 0.0712. The Balaban J connectivity index is 2.20. The Kier molecular flexibility index (Phi) is 3.39. The lowest BCUT2D eigenvalue weighted by Crippen LogP contribution is -2.46. The van der Waals surface area contributed by atoms with Gasteiger partial charge in [-0.2, -0.15) is 5.26 Å². The zero-order chi connectivity index (χ0) is 13.3. The van der Waals surface area contributed by atoms with Crippen molar-refractivity contribution in [1.29, 1.82) is 5.26 Å². The van der Waals surface area contributed by atoms with Crippen LogP contribution in [0.4, 0.5) is 0 Å². The number of aliphatic hydroxyl groups is 1. The molecule has 0 saturated heterocycles. The van der Waals surface area contributed by atoms with Gasteiger partial charge < -0.3 is 5.11 Å². The van der Waals surface area contributed by atoms with Crippen molar-refractivity contribution in [3.63, 3.8) is 0 Å². The Bertz CT molecular complexity index is 598. The average molecular weight is 266 g/mol. The molecule has 1 aliphatic carbocycles. The molecule has 1 fully saturated rings. The molecule has 96 valence electrons. The number of nitrogens with zero attached hydrogens (tertiary/aromatic N) is 1. The van der Waals surface area contributed by atoms with Gasteiger partial charge in [0.15, 0.2) is 0 Å². The molecule has 0 aliphatic heterocycles. The molecule has 1 saturated carbocycles. The van der Waals surface area contributed by atoms with Crippen molar-refractivity contribution in [2.45, 2.75) is 36.8 Å². The number of sulfonamides is 1. The van der Waals surface area contributed by atoms with Crippen molar-refractivity contribution >= 4 is 10.0 Å². The van der Waals surface area contributed by atoms with Gasteiger partial charge in [0.1, 0.15) is 0 Å². The highest BCUT2D eigenvalue weighted by molar-refractivity contribution is 7.89. The van der Waals surface area contributed by atoms with Gasteiger partial charge in [-0.1, -0.05) is 0 Å². The zero-order valence-corrected chi connectivity index (χ0v) is 10.7. The maximum atomic E-state index is 12.0. The third-order valence-corrected chi connectivity index (χ3v) is 4.58. The van der Waals surface area contributed by atoms with Gasteiger partial charge in [-0.05, 0) is 43.5 Å². The molecule has 2 rings (SSSR count). The van der Waals surface area contributed by atoms with E-state index in [-0.39, 0.29) is 10.9 Å². The monoisotopic (exact) mass is 266 g/mol. The Hall–Kier alpha value is -1.42. The van der Waals surface area contributed by atoms with Crippen LogP contribution in [-0.4, -0.2) is 25.7 Å². The fraction of sp³-hybridized carbons (Fsp3) is 0.417. The Labute approximate surface area is 106 Å². The Morgan fingerprint density at radius 1 is 1.44 bits per heavy atom. The topological polar surface area (TPSA) is 90.2 Å². The van der Waals surface area contributed by atoms with Crippen molar-refractivity contribution in [2.24, 2.45) is 0 Å². The second-order valence-corrected chi connectivity index (χ2v) is 6.25. The van der Waals surface area contributed by atoms with Crippen LogP contribution in [0.2, 0.25) is 0 Å². The first-order valence-corrected chi connectivity index (χ1v) is 7.12. The van der Waals surface area contributed by atoms with Crippen molar-refractivity contribution < 1.29 is 13.5 Å². The summed E-state index contributed by atoms with van der Waals surface area (Å²) in [7, 11) is -3.56. The lowest BCUT2D eigenvalue weighted by atomic mass is 9.91. The lowest BCUT2D eigenvalue weighted by Gasteiger charge is -2.31. The number of nitrogens with one attached hydrogen (secondary N) is 1. The summed E-state index contributed by atoms with van der Waals surface area (Å²) in [4.78, 5) is 0.153. The second-order valence-electron chi connectivity index (χ2n) is 4.53. The highest BCUT2D eigenvalue weighted by atomic mass is 32.2. The molecule has 0 aromatic heterocycles. The third kappa shape index (κ3) is 2.53. The van der Waals surface area contributed by atoms with Gasteiger partial charge in [0, 0.05) is 6.04 Å². The molecule has 18 heavy (non-hydrogen) atoms. The predicted octanol–water partition coefficient (Wildman–Crippen LogP) is 0.668. The van der Waals surface area contributed by atoms with E-state index in [4.69, 9.17) is 10.4 Å². The quantitative estimate of drug-likeness (QED) is 0.841. The van der Waals surface area contributed by atoms with Crippen LogP contribution in [0.3, 0.4) is 0 Å². The maximum absolute atomic E-state index is 12.0. The van der Waals surface area contributed by atoms with Gasteiger partial charge in [0.05, 0.1) is 22.6 Å². The highest BCUT2D eigenvalue weighted by Crippen LogP contribution is 2.22. The van der Waals surface area contributed by atoms with E-state index in [1.807, 2.05) is 6.07 Å². The third-order valence-electron chi connectivity index (χ3n) is 3.06. The van der Waals surface area contributed by atoms with Crippen LogP contribution < -0.4 is 4.72 Å². The highest BCUT2D eigenvalue weighted by Gasteiger charge is 2.31. The Morgan fingerprint density at radius 3 is 2.61 bits per heavy atom. The zero-order valence-electron chi connectivity index (χ0n) is 9.92. The Morgan fingerprint density at radius 2 is 2.11 bits per heavy atom. The van der Waals surface area contributed by atoms with Gasteiger partial charge in [-0.25, -0.2) is 13.1 Å². The van der Waals surface area contributed by atoms with Crippen molar-refractivity contribution in [3.8, 4) is 6.07 Å². The second kappa shape index (κ2) is 4.69.